The van der Waals surface area contributed by atoms with Gasteiger partial charge in [0.15, 0.2) is 0 Å². The summed E-state index contributed by atoms with van der Waals surface area (Å²) in [6.45, 7) is 0.691. The van der Waals surface area contributed by atoms with Crippen LogP contribution in [0.3, 0.4) is 0 Å². The Morgan fingerprint density at radius 1 is 1.29 bits per heavy atom. The van der Waals surface area contributed by atoms with E-state index in [-0.39, 0.29) is 0 Å². The lowest BCUT2D eigenvalue weighted by Crippen LogP contribution is -2.01. The number of benzene rings is 1. The Hall–Kier alpha value is -0.550. The van der Waals surface area contributed by atoms with Gasteiger partial charge in [0.05, 0.1) is 6.61 Å². The van der Waals surface area contributed by atoms with Crippen LogP contribution in [0.5, 0.6) is 0 Å². The van der Waals surface area contributed by atoms with Crippen molar-refractivity contribution < 1.29 is 9.84 Å². The lowest BCUT2D eigenvalue weighted by atomic mass is 10.1. The molecule has 0 bridgehead atoms. The smallest absolute Gasteiger partial charge is 0.136 e. The first-order valence-electron chi connectivity index (χ1n) is 4.54. The minimum absolute atomic E-state index is 0.602. The zero-order valence-corrected chi connectivity index (χ0v) is 9.77. The summed E-state index contributed by atoms with van der Waals surface area (Å²) >= 11 is 2.24. The molecule has 0 aromatic heterocycles. The maximum Gasteiger partial charge on any atom is 0.136 e. The number of rotatable bonds is 2. The SMILES string of the molecule is OC(C1=CCCO1)c1ccc(I)cc1. The number of ether oxygens (including phenoxy) is 1. The van der Waals surface area contributed by atoms with Gasteiger partial charge >= 0.3 is 0 Å². The van der Waals surface area contributed by atoms with Crippen molar-refractivity contribution in [3.8, 4) is 0 Å². The molecule has 0 fully saturated rings. The average molecular weight is 302 g/mol. The van der Waals surface area contributed by atoms with Crippen molar-refractivity contribution in [3.05, 3.63) is 45.2 Å². The summed E-state index contributed by atoms with van der Waals surface area (Å²) in [5.41, 5.74) is 0.888. The molecule has 1 heterocycles. The molecular formula is C11H11IO2. The normalized spacial score (nSPS) is 17.4. The molecule has 0 aliphatic carbocycles. The highest BCUT2D eigenvalue weighted by Crippen LogP contribution is 2.26. The highest BCUT2D eigenvalue weighted by molar-refractivity contribution is 14.1. The maximum absolute atomic E-state index is 9.92. The van der Waals surface area contributed by atoms with E-state index >= 15 is 0 Å². The van der Waals surface area contributed by atoms with E-state index in [1.807, 2.05) is 30.3 Å². The second kappa shape index (κ2) is 4.31. The second-order valence-electron chi connectivity index (χ2n) is 3.20. The van der Waals surface area contributed by atoms with Gasteiger partial charge in [0.1, 0.15) is 11.9 Å². The molecule has 0 amide bonds. The molecule has 1 aromatic carbocycles. The molecule has 1 aliphatic rings. The Kier molecular flexibility index (Phi) is 3.08. The van der Waals surface area contributed by atoms with E-state index < -0.39 is 6.10 Å². The lowest BCUT2D eigenvalue weighted by molar-refractivity contribution is 0.119. The Balaban J connectivity index is 2.18. The summed E-state index contributed by atoms with van der Waals surface area (Å²) in [5.74, 6) is 0.686. The summed E-state index contributed by atoms with van der Waals surface area (Å²) in [6, 6.07) is 7.81. The molecule has 1 N–H and O–H groups in total. The average Bonchev–Trinajstić information content (AvgIpc) is 2.71. The van der Waals surface area contributed by atoms with E-state index in [9.17, 15) is 5.11 Å². The van der Waals surface area contributed by atoms with Crippen LogP contribution in [-0.2, 0) is 4.74 Å². The quantitative estimate of drug-likeness (QED) is 0.851. The van der Waals surface area contributed by atoms with E-state index in [0.717, 1.165) is 12.0 Å². The van der Waals surface area contributed by atoms with Gasteiger partial charge in [0, 0.05) is 9.99 Å². The van der Waals surface area contributed by atoms with Crippen LogP contribution in [0, 0.1) is 3.57 Å². The number of halogens is 1. The number of hydrogen-bond acceptors (Lipinski definition) is 2. The summed E-state index contributed by atoms with van der Waals surface area (Å²) in [7, 11) is 0. The molecule has 0 radical (unpaired) electrons. The molecule has 0 saturated carbocycles. The first-order chi connectivity index (χ1) is 6.77. The third-order valence-corrected chi connectivity index (χ3v) is 2.91. The Morgan fingerprint density at radius 2 is 2.00 bits per heavy atom. The number of aliphatic hydroxyl groups is 1. The van der Waals surface area contributed by atoms with Crippen LogP contribution in [0.25, 0.3) is 0 Å². The molecule has 3 heteroatoms. The third-order valence-electron chi connectivity index (χ3n) is 2.19. The molecule has 1 aliphatic heterocycles. The molecule has 14 heavy (non-hydrogen) atoms. The van der Waals surface area contributed by atoms with Gasteiger partial charge in [0.25, 0.3) is 0 Å². The molecule has 1 atom stereocenters. The molecule has 2 nitrogen and oxygen atoms in total. The second-order valence-corrected chi connectivity index (χ2v) is 4.44. The molecule has 0 spiro atoms. The predicted octanol–water partition coefficient (Wildman–Crippen LogP) is 2.63. The van der Waals surface area contributed by atoms with Gasteiger partial charge in [-0.05, 0) is 46.4 Å². The standard InChI is InChI=1S/C11H11IO2/c12-9-5-3-8(4-6-9)11(13)10-2-1-7-14-10/h2-6,11,13H,1,7H2. The molecule has 1 unspecified atom stereocenters. The molecule has 2 rings (SSSR count). The van der Waals surface area contributed by atoms with Crippen LogP contribution in [0.2, 0.25) is 0 Å². The topological polar surface area (TPSA) is 29.5 Å². The van der Waals surface area contributed by atoms with Crippen molar-refractivity contribution in [1.29, 1.82) is 0 Å². The van der Waals surface area contributed by atoms with Crippen LogP contribution in [0.4, 0.5) is 0 Å². The first kappa shape index (κ1) is 9.98. The molecule has 74 valence electrons. The van der Waals surface area contributed by atoms with Crippen LogP contribution in [-0.4, -0.2) is 11.7 Å². The van der Waals surface area contributed by atoms with Gasteiger partial charge in [-0.15, -0.1) is 0 Å². The van der Waals surface area contributed by atoms with Crippen molar-refractivity contribution >= 4 is 22.6 Å². The lowest BCUT2D eigenvalue weighted by Gasteiger charge is -2.12. The van der Waals surface area contributed by atoms with Crippen molar-refractivity contribution in [3.63, 3.8) is 0 Å². The van der Waals surface area contributed by atoms with Gasteiger partial charge in [-0.2, -0.15) is 0 Å². The fourth-order valence-corrected chi connectivity index (χ4v) is 1.80. The fraction of sp³-hybridized carbons (Fsp3) is 0.273. The number of hydrogen-bond donors (Lipinski definition) is 1. The number of aliphatic hydroxyl groups excluding tert-OH is 1. The zero-order valence-electron chi connectivity index (χ0n) is 7.61. The van der Waals surface area contributed by atoms with Gasteiger partial charge in [0.2, 0.25) is 0 Å². The summed E-state index contributed by atoms with van der Waals surface area (Å²) in [5, 5.41) is 9.92. The molecular weight excluding hydrogens is 291 g/mol. The Bertz CT molecular complexity index is 343. The van der Waals surface area contributed by atoms with E-state index in [1.165, 1.54) is 3.57 Å². The van der Waals surface area contributed by atoms with Crippen LogP contribution >= 0.6 is 22.6 Å². The zero-order chi connectivity index (χ0) is 9.97. The Morgan fingerprint density at radius 3 is 2.57 bits per heavy atom. The van der Waals surface area contributed by atoms with Crippen molar-refractivity contribution in [1.82, 2.24) is 0 Å². The van der Waals surface area contributed by atoms with Crippen molar-refractivity contribution in [2.24, 2.45) is 0 Å². The minimum Gasteiger partial charge on any atom is -0.495 e. The van der Waals surface area contributed by atoms with Gasteiger partial charge < -0.3 is 9.84 Å². The van der Waals surface area contributed by atoms with E-state index in [4.69, 9.17) is 4.74 Å². The van der Waals surface area contributed by atoms with Crippen molar-refractivity contribution in [2.45, 2.75) is 12.5 Å². The third kappa shape index (κ3) is 2.09. The highest BCUT2D eigenvalue weighted by Gasteiger charge is 2.17. The van der Waals surface area contributed by atoms with E-state index in [0.29, 0.717) is 12.4 Å². The molecule has 1 aromatic rings. The summed E-state index contributed by atoms with van der Waals surface area (Å²) < 4.78 is 6.48. The fourth-order valence-electron chi connectivity index (χ4n) is 1.44. The first-order valence-corrected chi connectivity index (χ1v) is 5.61. The highest BCUT2D eigenvalue weighted by atomic mass is 127. The van der Waals surface area contributed by atoms with Crippen LogP contribution in [0.15, 0.2) is 36.1 Å². The van der Waals surface area contributed by atoms with Crippen molar-refractivity contribution in [2.75, 3.05) is 6.61 Å². The predicted molar refractivity (Wildman–Crippen MR) is 62.8 cm³/mol. The van der Waals surface area contributed by atoms with Gasteiger partial charge in [-0.1, -0.05) is 12.1 Å². The summed E-state index contributed by atoms with van der Waals surface area (Å²) in [4.78, 5) is 0. The molecule has 0 saturated heterocycles. The summed E-state index contributed by atoms with van der Waals surface area (Å²) in [6.07, 6.45) is 2.24. The Labute approximate surface area is 96.7 Å². The van der Waals surface area contributed by atoms with E-state index in [1.54, 1.807) is 0 Å². The van der Waals surface area contributed by atoms with Gasteiger partial charge in [-0.25, -0.2) is 0 Å². The van der Waals surface area contributed by atoms with Crippen LogP contribution < -0.4 is 0 Å². The maximum atomic E-state index is 9.92. The van der Waals surface area contributed by atoms with Crippen LogP contribution in [0.1, 0.15) is 18.1 Å². The van der Waals surface area contributed by atoms with E-state index in [2.05, 4.69) is 22.6 Å². The van der Waals surface area contributed by atoms with Gasteiger partial charge in [-0.3, -0.25) is 0 Å². The largest absolute Gasteiger partial charge is 0.495 e. The minimum atomic E-state index is -0.602. The monoisotopic (exact) mass is 302 g/mol.